The summed E-state index contributed by atoms with van der Waals surface area (Å²) in [6.45, 7) is 1.74. The number of non-ortho nitro benzene ring substituents is 1. The van der Waals surface area contributed by atoms with Crippen LogP contribution in [-0.4, -0.2) is 30.1 Å². The number of aryl methyl sites for hydroxylation is 1. The molecule has 0 atom stereocenters. The highest BCUT2D eigenvalue weighted by Gasteiger charge is 2.15. The third kappa shape index (κ3) is 5.12. The largest absolute Gasteiger partial charge is 0.495 e. The molecule has 0 fully saturated rings. The lowest BCUT2D eigenvalue weighted by molar-refractivity contribution is -0.384. The number of hydrazone groups is 1. The topological polar surface area (TPSA) is 136 Å². The molecular formula is C21H18N4O6. The van der Waals surface area contributed by atoms with Crippen LogP contribution < -0.4 is 15.5 Å². The Bertz CT molecular complexity index is 1170. The van der Waals surface area contributed by atoms with E-state index in [4.69, 9.17) is 9.15 Å². The summed E-state index contributed by atoms with van der Waals surface area (Å²) in [5.41, 5.74) is 3.81. The molecule has 0 radical (unpaired) electrons. The summed E-state index contributed by atoms with van der Waals surface area (Å²) in [5, 5.41) is 17.0. The van der Waals surface area contributed by atoms with Crippen molar-refractivity contribution in [1.29, 1.82) is 0 Å². The fourth-order valence-electron chi connectivity index (χ4n) is 2.74. The Kier molecular flexibility index (Phi) is 6.41. The molecule has 0 unspecified atom stereocenters. The highest BCUT2D eigenvalue weighted by atomic mass is 16.6. The molecule has 10 heteroatoms. The van der Waals surface area contributed by atoms with Crippen molar-refractivity contribution in [3.05, 3.63) is 76.0 Å². The number of para-hydroxylation sites is 2. The maximum absolute atomic E-state index is 12.0. The minimum atomic E-state index is -0.972. The number of nitrogens with zero attached hydrogens (tertiary/aromatic N) is 2. The Morgan fingerprint density at radius 3 is 2.61 bits per heavy atom. The summed E-state index contributed by atoms with van der Waals surface area (Å²) < 4.78 is 10.7. The van der Waals surface area contributed by atoms with Crippen molar-refractivity contribution in [1.82, 2.24) is 5.43 Å². The number of nitrogens with one attached hydrogen (secondary N) is 2. The van der Waals surface area contributed by atoms with Crippen molar-refractivity contribution in [2.75, 3.05) is 12.4 Å². The Morgan fingerprint density at radius 1 is 1.13 bits per heavy atom. The molecule has 2 amide bonds. The molecule has 0 aliphatic heterocycles. The van der Waals surface area contributed by atoms with Gasteiger partial charge >= 0.3 is 11.8 Å². The van der Waals surface area contributed by atoms with Crippen LogP contribution in [0.25, 0.3) is 11.3 Å². The molecular weight excluding hydrogens is 404 g/mol. The predicted molar refractivity (Wildman–Crippen MR) is 113 cm³/mol. The lowest BCUT2D eigenvalue weighted by Crippen LogP contribution is -2.32. The highest BCUT2D eigenvalue weighted by Crippen LogP contribution is 2.28. The van der Waals surface area contributed by atoms with Gasteiger partial charge in [-0.3, -0.25) is 19.7 Å². The summed E-state index contributed by atoms with van der Waals surface area (Å²) in [5.74, 6) is -0.674. The number of carbonyl (C=O) groups is 2. The number of rotatable bonds is 6. The van der Waals surface area contributed by atoms with Crippen LogP contribution in [0.1, 0.15) is 11.3 Å². The van der Waals surface area contributed by atoms with Crippen molar-refractivity contribution in [2.24, 2.45) is 5.10 Å². The van der Waals surface area contributed by atoms with Gasteiger partial charge in [0.15, 0.2) is 0 Å². The van der Waals surface area contributed by atoms with Gasteiger partial charge in [0.2, 0.25) is 0 Å². The average molecular weight is 422 g/mol. The Labute approximate surface area is 176 Å². The van der Waals surface area contributed by atoms with Gasteiger partial charge in [0.05, 0.1) is 23.9 Å². The van der Waals surface area contributed by atoms with E-state index in [0.29, 0.717) is 34.1 Å². The standard InChI is InChI=1S/C21H18N4O6/c1-13-11-14(25(28)29)7-9-16(13)18-10-8-15(31-18)12-22-24-21(27)20(26)23-17-5-3-4-6-19(17)30-2/h3-12H,1-2H3,(H,23,26)(H,24,27). The normalized spacial score (nSPS) is 10.6. The number of carbonyl (C=O) groups excluding carboxylic acids is 2. The van der Waals surface area contributed by atoms with Crippen LogP contribution in [0.5, 0.6) is 5.75 Å². The summed E-state index contributed by atoms with van der Waals surface area (Å²) in [6.07, 6.45) is 1.23. The first kappa shape index (κ1) is 21.2. The number of nitro groups is 1. The molecule has 1 aromatic heterocycles. The smallest absolute Gasteiger partial charge is 0.329 e. The van der Waals surface area contributed by atoms with Crippen LogP contribution in [0.15, 0.2) is 64.1 Å². The molecule has 0 bridgehead atoms. The third-order valence-electron chi connectivity index (χ3n) is 4.23. The number of hydrogen-bond donors (Lipinski definition) is 2. The zero-order valence-corrected chi connectivity index (χ0v) is 16.6. The molecule has 0 aliphatic carbocycles. The van der Waals surface area contributed by atoms with Gasteiger partial charge in [0, 0.05) is 17.7 Å². The van der Waals surface area contributed by atoms with Crippen molar-refractivity contribution in [3.8, 4) is 17.1 Å². The number of anilines is 1. The Morgan fingerprint density at radius 2 is 1.90 bits per heavy atom. The zero-order valence-electron chi connectivity index (χ0n) is 16.6. The van der Waals surface area contributed by atoms with Crippen molar-refractivity contribution < 1.29 is 23.7 Å². The molecule has 3 rings (SSSR count). The SMILES string of the molecule is COc1ccccc1NC(=O)C(=O)NN=Cc1ccc(-c2ccc([N+](=O)[O-])cc2C)o1. The van der Waals surface area contributed by atoms with Crippen LogP contribution in [0, 0.1) is 17.0 Å². The number of methoxy groups -OCH3 is 1. The van der Waals surface area contributed by atoms with Crippen LogP contribution in [0.3, 0.4) is 0 Å². The average Bonchev–Trinajstić information content (AvgIpc) is 3.22. The molecule has 0 saturated carbocycles. The van der Waals surface area contributed by atoms with E-state index in [2.05, 4.69) is 15.8 Å². The first-order valence-electron chi connectivity index (χ1n) is 9.01. The number of nitro benzene ring substituents is 1. The fourth-order valence-corrected chi connectivity index (χ4v) is 2.74. The summed E-state index contributed by atoms with van der Waals surface area (Å²) in [6, 6.07) is 14.4. The molecule has 0 aliphatic rings. The van der Waals surface area contributed by atoms with Crippen molar-refractivity contribution in [2.45, 2.75) is 6.92 Å². The van der Waals surface area contributed by atoms with Gasteiger partial charge in [-0.25, -0.2) is 5.43 Å². The van der Waals surface area contributed by atoms with E-state index in [-0.39, 0.29) is 5.69 Å². The van der Waals surface area contributed by atoms with Gasteiger partial charge in [-0.05, 0) is 42.8 Å². The van der Waals surface area contributed by atoms with Crippen LogP contribution in [0.2, 0.25) is 0 Å². The minimum Gasteiger partial charge on any atom is -0.495 e. The quantitative estimate of drug-likeness (QED) is 0.271. The van der Waals surface area contributed by atoms with Gasteiger partial charge in [0.25, 0.3) is 5.69 Å². The molecule has 10 nitrogen and oxygen atoms in total. The number of ether oxygens (including phenoxy) is 1. The monoisotopic (exact) mass is 422 g/mol. The number of amides is 2. The summed E-state index contributed by atoms with van der Waals surface area (Å²) in [7, 11) is 1.45. The van der Waals surface area contributed by atoms with E-state index >= 15 is 0 Å². The van der Waals surface area contributed by atoms with Crippen LogP contribution in [-0.2, 0) is 9.59 Å². The maximum atomic E-state index is 12.0. The van der Waals surface area contributed by atoms with Crippen LogP contribution >= 0.6 is 0 Å². The molecule has 2 aromatic carbocycles. The number of hydrogen-bond acceptors (Lipinski definition) is 7. The zero-order chi connectivity index (χ0) is 22.4. The Balaban J connectivity index is 1.62. The van der Waals surface area contributed by atoms with E-state index in [1.54, 1.807) is 49.4 Å². The van der Waals surface area contributed by atoms with E-state index in [0.717, 1.165) is 0 Å². The van der Waals surface area contributed by atoms with Crippen molar-refractivity contribution in [3.63, 3.8) is 0 Å². The van der Waals surface area contributed by atoms with E-state index < -0.39 is 16.7 Å². The first-order chi connectivity index (χ1) is 14.9. The lowest BCUT2D eigenvalue weighted by atomic mass is 10.1. The van der Waals surface area contributed by atoms with Crippen LogP contribution in [0.4, 0.5) is 11.4 Å². The molecule has 1 heterocycles. The van der Waals surface area contributed by atoms with Gasteiger partial charge in [-0.1, -0.05) is 12.1 Å². The molecule has 158 valence electrons. The summed E-state index contributed by atoms with van der Waals surface area (Å²) in [4.78, 5) is 34.3. The second-order valence-electron chi connectivity index (χ2n) is 6.31. The highest BCUT2D eigenvalue weighted by molar-refractivity contribution is 6.39. The molecule has 0 spiro atoms. The fraction of sp³-hybridized carbons (Fsp3) is 0.0952. The van der Waals surface area contributed by atoms with E-state index in [9.17, 15) is 19.7 Å². The van der Waals surface area contributed by atoms with E-state index in [1.165, 1.54) is 25.5 Å². The summed E-state index contributed by atoms with van der Waals surface area (Å²) >= 11 is 0. The lowest BCUT2D eigenvalue weighted by Gasteiger charge is -2.08. The Hall–Kier alpha value is -4.47. The second-order valence-corrected chi connectivity index (χ2v) is 6.31. The minimum absolute atomic E-state index is 0.0105. The predicted octanol–water partition coefficient (Wildman–Crippen LogP) is 3.26. The second kappa shape index (κ2) is 9.35. The number of benzene rings is 2. The first-order valence-corrected chi connectivity index (χ1v) is 9.01. The van der Waals surface area contributed by atoms with Gasteiger partial charge in [0.1, 0.15) is 17.3 Å². The van der Waals surface area contributed by atoms with E-state index in [1.807, 2.05) is 0 Å². The van der Waals surface area contributed by atoms with Gasteiger partial charge in [-0.2, -0.15) is 5.10 Å². The van der Waals surface area contributed by atoms with Gasteiger partial charge in [-0.15, -0.1) is 0 Å². The molecule has 0 saturated heterocycles. The van der Waals surface area contributed by atoms with Gasteiger partial charge < -0.3 is 14.5 Å². The third-order valence-corrected chi connectivity index (χ3v) is 4.23. The molecule has 3 aromatic rings. The molecule has 31 heavy (non-hydrogen) atoms. The maximum Gasteiger partial charge on any atom is 0.329 e. The van der Waals surface area contributed by atoms with Crippen molar-refractivity contribution >= 4 is 29.4 Å². The molecule has 2 N–H and O–H groups in total. The number of furan rings is 1.